The van der Waals surface area contributed by atoms with E-state index < -0.39 is 11.8 Å². The van der Waals surface area contributed by atoms with Crippen LogP contribution in [0.5, 0.6) is 11.5 Å². The fraction of sp³-hybridized carbons (Fsp3) is 0.125. The van der Waals surface area contributed by atoms with Crippen LogP contribution in [0.15, 0.2) is 77.9 Å². The summed E-state index contributed by atoms with van der Waals surface area (Å²) in [7, 11) is 2.97. The van der Waals surface area contributed by atoms with Gasteiger partial charge in [-0.25, -0.2) is 9.82 Å². The van der Waals surface area contributed by atoms with Crippen LogP contribution >= 0.6 is 0 Å². The highest BCUT2D eigenvalue weighted by molar-refractivity contribution is 6.13. The van der Waals surface area contributed by atoms with Crippen LogP contribution in [-0.2, 0) is 4.79 Å². The Balaban J connectivity index is 1.68. The Morgan fingerprint density at radius 1 is 0.844 bits per heavy atom. The third-order valence-electron chi connectivity index (χ3n) is 4.51. The highest BCUT2D eigenvalue weighted by Gasteiger charge is 2.13. The molecule has 2 amide bonds. The van der Waals surface area contributed by atoms with E-state index in [1.165, 1.54) is 32.4 Å². The molecule has 8 heteroatoms. The number of carbonyl (C=O) groups is 2. The first-order chi connectivity index (χ1) is 15.5. The summed E-state index contributed by atoms with van der Waals surface area (Å²) in [5.41, 5.74) is 4.59. The first kappa shape index (κ1) is 22.5. The lowest BCUT2D eigenvalue weighted by Crippen LogP contribution is -2.35. The van der Waals surface area contributed by atoms with Crippen LogP contribution in [0.3, 0.4) is 0 Å². The Bertz CT molecular complexity index is 1120. The number of nitrogens with one attached hydrogen (secondary N) is 2. The van der Waals surface area contributed by atoms with Crippen molar-refractivity contribution in [3.8, 4) is 11.5 Å². The molecule has 2 N–H and O–H groups in total. The average Bonchev–Trinajstić information content (AvgIpc) is 2.83. The fourth-order valence-corrected chi connectivity index (χ4v) is 2.90. The Hall–Kier alpha value is -4.20. The van der Waals surface area contributed by atoms with E-state index in [0.717, 1.165) is 5.56 Å². The van der Waals surface area contributed by atoms with Gasteiger partial charge in [-0.2, -0.15) is 5.10 Å². The van der Waals surface area contributed by atoms with Crippen molar-refractivity contribution in [1.82, 2.24) is 10.7 Å². The number of amides is 2. The molecule has 0 unspecified atom stereocenters. The van der Waals surface area contributed by atoms with E-state index in [1.54, 1.807) is 24.3 Å². The molecule has 0 heterocycles. The molecule has 0 aliphatic rings. The van der Waals surface area contributed by atoms with Gasteiger partial charge in [-0.15, -0.1) is 0 Å². The normalized spacial score (nSPS) is 10.9. The number of methoxy groups -OCH3 is 2. The molecule has 0 aliphatic carbocycles. The van der Waals surface area contributed by atoms with Crippen molar-refractivity contribution in [1.29, 1.82) is 0 Å². The van der Waals surface area contributed by atoms with Crippen LogP contribution < -0.4 is 20.2 Å². The van der Waals surface area contributed by atoms with Gasteiger partial charge in [0.2, 0.25) is 0 Å². The number of ether oxygens (including phenoxy) is 2. The van der Waals surface area contributed by atoms with Gasteiger partial charge >= 0.3 is 0 Å². The quantitative estimate of drug-likeness (QED) is 0.420. The highest BCUT2D eigenvalue weighted by Crippen LogP contribution is 2.27. The topological polar surface area (TPSA) is 89.0 Å². The lowest BCUT2D eigenvalue weighted by Gasteiger charge is -2.10. The Labute approximate surface area is 184 Å². The van der Waals surface area contributed by atoms with E-state index in [4.69, 9.17) is 9.47 Å². The van der Waals surface area contributed by atoms with E-state index in [1.807, 2.05) is 30.3 Å². The second kappa shape index (κ2) is 10.7. The summed E-state index contributed by atoms with van der Waals surface area (Å²) in [5.74, 6) is -0.448. The smallest absolute Gasteiger partial charge is 0.259 e. The van der Waals surface area contributed by atoms with Crippen molar-refractivity contribution in [2.45, 2.75) is 0 Å². The van der Waals surface area contributed by atoms with E-state index in [0.29, 0.717) is 28.3 Å². The van der Waals surface area contributed by atoms with Gasteiger partial charge in [-0.3, -0.25) is 9.59 Å². The van der Waals surface area contributed by atoms with E-state index in [-0.39, 0.29) is 12.4 Å². The first-order valence-electron chi connectivity index (χ1n) is 9.70. The molecule has 164 valence electrons. The molecule has 0 aliphatic heterocycles. The summed E-state index contributed by atoms with van der Waals surface area (Å²) in [6.07, 6.45) is 0. The van der Waals surface area contributed by atoms with Crippen molar-refractivity contribution in [2.75, 3.05) is 20.8 Å². The van der Waals surface area contributed by atoms with Crippen molar-refractivity contribution >= 4 is 17.5 Å². The number of carbonyl (C=O) groups excluding carboxylic acids is 2. The largest absolute Gasteiger partial charge is 0.493 e. The number of hydrogen-bond donors (Lipinski definition) is 2. The number of hydrogen-bond acceptors (Lipinski definition) is 5. The maximum absolute atomic E-state index is 13.3. The molecule has 0 aromatic heterocycles. The number of nitrogens with zero attached hydrogens (tertiary/aromatic N) is 1. The number of hydrazone groups is 1. The fourth-order valence-electron chi connectivity index (χ4n) is 2.90. The number of rotatable bonds is 8. The zero-order valence-corrected chi connectivity index (χ0v) is 17.6. The van der Waals surface area contributed by atoms with Gasteiger partial charge in [0.1, 0.15) is 5.82 Å². The Morgan fingerprint density at radius 3 is 2.12 bits per heavy atom. The number of halogens is 1. The molecule has 3 aromatic rings. The van der Waals surface area contributed by atoms with Crippen molar-refractivity contribution in [2.24, 2.45) is 5.10 Å². The predicted molar refractivity (Wildman–Crippen MR) is 119 cm³/mol. The zero-order chi connectivity index (χ0) is 22.9. The molecule has 0 bridgehead atoms. The Kier molecular flexibility index (Phi) is 7.53. The minimum Gasteiger partial charge on any atom is -0.493 e. The minimum atomic E-state index is -0.519. The van der Waals surface area contributed by atoms with Gasteiger partial charge in [-0.1, -0.05) is 30.3 Å². The molecule has 0 saturated carbocycles. The highest BCUT2D eigenvalue weighted by atomic mass is 19.1. The maximum Gasteiger partial charge on any atom is 0.259 e. The van der Waals surface area contributed by atoms with Crippen LogP contribution in [-0.4, -0.2) is 38.3 Å². The summed E-state index contributed by atoms with van der Waals surface area (Å²) in [6.45, 7) is -0.290. The average molecular weight is 435 g/mol. The molecule has 0 spiro atoms. The molecule has 0 radical (unpaired) electrons. The van der Waals surface area contributed by atoms with Crippen LogP contribution in [0.2, 0.25) is 0 Å². The molecule has 7 nitrogen and oxygen atoms in total. The summed E-state index contributed by atoms with van der Waals surface area (Å²) in [6, 6.07) is 19.7. The molecule has 0 saturated heterocycles. The van der Waals surface area contributed by atoms with Gasteiger partial charge in [0, 0.05) is 16.7 Å². The van der Waals surface area contributed by atoms with Crippen LogP contribution in [0.1, 0.15) is 21.5 Å². The van der Waals surface area contributed by atoms with Crippen LogP contribution in [0, 0.1) is 5.82 Å². The molecular formula is C24H22FN3O4. The van der Waals surface area contributed by atoms with Crippen molar-refractivity contribution in [3.63, 3.8) is 0 Å². The molecule has 0 atom stereocenters. The maximum atomic E-state index is 13.3. The van der Waals surface area contributed by atoms with Crippen LogP contribution in [0.25, 0.3) is 0 Å². The predicted octanol–water partition coefficient (Wildman–Crippen LogP) is 3.14. The van der Waals surface area contributed by atoms with E-state index in [9.17, 15) is 14.0 Å². The molecular weight excluding hydrogens is 413 g/mol. The molecule has 32 heavy (non-hydrogen) atoms. The summed E-state index contributed by atoms with van der Waals surface area (Å²) >= 11 is 0. The van der Waals surface area contributed by atoms with Gasteiger partial charge in [0.25, 0.3) is 11.8 Å². The van der Waals surface area contributed by atoms with Gasteiger partial charge < -0.3 is 14.8 Å². The monoisotopic (exact) mass is 435 g/mol. The third-order valence-corrected chi connectivity index (χ3v) is 4.51. The van der Waals surface area contributed by atoms with E-state index in [2.05, 4.69) is 15.8 Å². The van der Waals surface area contributed by atoms with Crippen LogP contribution in [0.4, 0.5) is 4.39 Å². The minimum absolute atomic E-state index is 0.290. The summed E-state index contributed by atoms with van der Waals surface area (Å²) in [5, 5.41) is 6.73. The second-order valence-corrected chi connectivity index (χ2v) is 6.62. The van der Waals surface area contributed by atoms with E-state index >= 15 is 0 Å². The summed E-state index contributed by atoms with van der Waals surface area (Å²) in [4.78, 5) is 24.7. The first-order valence-corrected chi connectivity index (χ1v) is 9.70. The lowest BCUT2D eigenvalue weighted by atomic mass is 10.0. The second-order valence-electron chi connectivity index (χ2n) is 6.62. The molecule has 3 rings (SSSR count). The standard InChI is InChI=1S/C24H22FN3O4/c1-31-20-13-10-18(14-21(20)32-2)24(30)26-15-22(29)27-28-23(16-6-4-3-5-7-16)17-8-11-19(25)12-9-17/h3-14H,15H2,1-2H3,(H,26,30)(H,27,29). The molecule has 0 fully saturated rings. The third kappa shape index (κ3) is 5.69. The van der Waals surface area contributed by atoms with Gasteiger partial charge in [0.15, 0.2) is 11.5 Å². The number of benzene rings is 3. The van der Waals surface area contributed by atoms with Gasteiger partial charge in [0.05, 0.1) is 26.5 Å². The molecule has 3 aromatic carbocycles. The zero-order valence-electron chi connectivity index (χ0n) is 17.6. The summed E-state index contributed by atoms with van der Waals surface area (Å²) < 4.78 is 23.6. The van der Waals surface area contributed by atoms with Crippen molar-refractivity contribution in [3.05, 3.63) is 95.3 Å². The lowest BCUT2D eigenvalue weighted by molar-refractivity contribution is -0.120. The SMILES string of the molecule is COc1ccc(C(=O)NCC(=O)NN=C(c2ccccc2)c2ccc(F)cc2)cc1OC. The van der Waals surface area contributed by atoms with Gasteiger partial charge in [-0.05, 0) is 42.5 Å². The van der Waals surface area contributed by atoms with Crippen molar-refractivity contribution < 1.29 is 23.5 Å². The Morgan fingerprint density at radius 2 is 1.47 bits per heavy atom.